The molecular formula is C13H19NO4. The smallest absolute Gasteiger partial charge is 0.258 e. The number of hydrogen-bond acceptors (Lipinski definition) is 4. The Labute approximate surface area is 107 Å². The SMILES string of the molecule is COCC(C)(O)CNC(=O)COc1ccccc1. The molecule has 0 aromatic heterocycles. The van der Waals surface area contributed by atoms with E-state index in [1.54, 1.807) is 19.1 Å². The van der Waals surface area contributed by atoms with Gasteiger partial charge in [-0.15, -0.1) is 0 Å². The third-order valence-electron chi connectivity index (χ3n) is 2.23. The fourth-order valence-corrected chi connectivity index (χ4v) is 1.37. The summed E-state index contributed by atoms with van der Waals surface area (Å²) in [6.07, 6.45) is 0. The van der Waals surface area contributed by atoms with Crippen molar-refractivity contribution >= 4 is 5.91 Å². The fraction of sp³-hybridized carbons (Fsp3) is 0.462. The zero-order valence-corrected chi connectivity index (χ0v) is 10.7. The molecule has 0 heterocycles. The van der Waals surface area contributed by atoms with Crippen molar-refractivity contribution in [3.63, 3.8) is 0 Å². The van der Waals surface area contributed by atoms with Crippen molar-refractivity contribution in [2.75, 3.05) is 26.9 Å². The highest BCUT2D eigenvalue weighted by Gasteiger charge is 2.20. The Morgan fingerprint density at radius 3 is 2.67 bits per heavy atom. The number of ether oxygens (including phenoxy) is 2. The molecule has 0 spiro atoms. The molecule has 1 amide bonds. The predicted molar refractivity (Wildman–Crippen MR) is 67.4 cm³/mol. The van der Waals surface area contributed by atoms with Crippen molar-refractivity contribution < 1.29 is 19.4 Å². The summed E-state index contributed by atoms with van der Waals surface area (Å²) >= 11 is 0. The van der Waals surface area contributed by atoms with E-state index in [4.69, 9.17) is 9.47 Å². The molecule has 0 saturated carbocycles. The van der Waals surface area contributed by atoms with Gasteiger partial charge in [-0.3, -0.25) is 4.79 Å². The van der Waals surface area contributed by atoms with Crippen LogP contribution in [0.4, 0.5) is 0 Å². The summed E-state index contributed by atoms with van der Waals surface area (Å²) in [5.74, 6) is 0.353. The van der Waals surface area contributed by atoms with E-state index in [-0.39, 0.29) is 25.7 Å². The number of aliphatic hydroxyl groups is 1. The maximum absolute atomic E-state index is 11.5. The molecule has 0 aliphatic heterocycles. The van der Waals surface area contributed by atoms with E-state index in [0.29, 0.717) is 5.75 Å². The molecule has 1 unspecified atom stereocenters. The third-order valence-corrected chi connectivity index (χ3v) is 2.23. The standard InChI is InChI=1S/C13H19NO4/c1-13(16,10-17-2)9-14-12(15)8-18-11-6-4-3-5-7-11/h3-7,16H,8-10H2,1-2H3,(H,14,15). The van der Waals surface area contributed by atoms with Crippen molar-refractivity contribution in [1.29, 1.82) is 0 Å². The Hall–Kier alpha value is -1.59. The predicted octanol–water partition coefficient (Wildman–Crippen LogP) is 0.579. The van der Waals surface area contributed by atoms with Gasteiger partial charge in [-0.05, 0) is 19.1 Å². The molecule has 0 fully saturated rings. The summed E-state index contributed by atoms with van der Waals surface area (Å²) in [4.78, 5) is 11.5. The van der Waals surface area contributed by atoms with E-state index in [1.165, 1.54) is 7.11 Å². The molecule has 1 atom stereocenters. The normalized spacial score (nSPS) is 13.7. The molecule has 0 saturated heterocycles. The largest absolute Gasteiger partial charge is 0.484 e. The van der Waals surface area contributed by atoms with Crippen LogP contribution in [0.25, 0.3) is 0 Å². The third kappa shape index (κ3) is 5.65. The van der Waals surface area contributed by atoms with E-state index in [1.807, 2.05) is 18.2 Å². The van der Waals surface area contributed by atoms with E-state index in [9.17, 15) is 9.90 Å². The summed E-state index contributed by atoms with van der Waals surface area (Å²) in [6, 6.07) is 9.07. The Bertz CT molecular complexity index is 365. The summed E-state index contributed by atoms with van der Waals surface area (Å²) in [6.45, 7) is 1.80. The van der Waals surface area contributed by atoms with E-state index < -0.39 is 5.60 Å². The minimum absolute atomic E-state index is 0.0763. The average Bonchev–Trinajstić information content (AvgIpc) is 2.35. The monoisotopic (exact) mass is 253 g/mol. The molecule has 0 bridgehead atoms. The molecule has 0 aliphatic rings. The topological polar surface area (TPSA) is 67.8 Å². The van der Waals surface area contributed by atoms with Crippen molar-refractivity contribution in [1.82, 2.24) is 5.32 Å². The number of hydrogen-bond donors (Lipinski definition) is 2. The second kappa shape index (κ2) is 6.98. The van der Waals surface area contributed by atoms with Crippen LogP contribution in [-0.4, -0.2) is 43.5 Å². The quantitative estimate of drug-likeness (QED) is 0.746. The first-order valence-corrected chi connectivity index (χ1v) is 5.69. The van der Waals surface area contributed by atoms with E-state index >= 15 is 0 Å². The van der Waals surface area contributed by atoms with Gasteiger partial charge in [-0.2, -0.15) is 0 Å². The highest BCUT2D eigenvalue weighted by atomic mass is 16.5. The maximum Gasteiger partial charge on any atom is 0.258 e. The first-order chi connectivity index (χ1) is 8.53. The van der Waals surface area contributed by atoms with Crippen LogP contribution in [0.1, 0.15) is 6.92 Å². The van der Waals surface area contributed by atoms with Crippen LogP contribution in [0.2, 0.25) is 0 Å². The van der Waals surface area contributed by atoms with E-state index in [0.717, 1.165) is 0 Å². The van der Waals surface area contributed by atoms with Crippen LogP contribution in [0.3, 0.4) is 0 Å². The van der Waals surface area contributed by atoms with Crippen molar-refractivity contribution in [3.8, 4) is 5.75 Å². The second-order valence-corrected chi connectivity index (χ2v) is 4.31. The minimum atomic E-state index is -1.07. The number of rotatable bonds is 7. The lowest BCUT2D eigenvalue weighted by molar-refractivity contribution is -0.124. The lowest BCUT2D eigenvalue weighted by atomic mass is 10.1. The Morgan fingerprint density at radius 2 is 2.06 bits per heavy atom. The lowest BCUT2D eigenvalue weighted by Gasteiger charge is -2.22. The Morgan fingerprint density at radius 1 is 1.39 bits per heavy atom. The van der Waals surface area contributed by atoms with Crippen molar-refractivity contribution in [2.45, 2.75) is 12.5 Å². The molecule has 0 radical (unpaired) electrons. The van der Waals surface area contributed by atoms with Gasteiger partial charge in [0, 0.05) is 13.7 Å². The molecule has 18 heavy (non-hydrogen) atoms. The fourth-order valence-electron chi connectivity index (χ4n) is 1.37. The minimum Gasteiger partial charge on any atom is -0.484 e. The zero-order valence-electron chi connectivity index (χ0n) is 10.7. The van der Waals surface area contributed by atoms with Gasteiger partial charge in [-0.1, -0.05) is 18.2 Å². The van der Waals surface area contributed by atoms with Gasteiger partial charge in [0.15, 0.2) is 6.61 Å². The number of nitrogens with one attached hydrogen (secondary N) is 1. The number of methoxy groups -OCH3 is 1. The molecule has 2 N–H and O–H groups in total. The number of para-hydroxylation sites is 1. The molecule has 5 heteroatoms. The van der Waals surface area contributed by atoms with Gasteiger partial charge in [0.1, 0.15) is 11.4 Å². The molecular weight excluding hydrogens is 234 g/mol. The Kier molecular flexibility index (Phi) is 5.61. The Balaban J connectivity index is 2.26. The molecule has 1 aromatic rings. The second-order valence-electron chi connectivity index (χ2n) is 4.31. The van der Waals surface area contributed by atoms with Crippen LogP contribution >= 0.6 is 0 Å². The summed E-state index contributed by atoms with van der Waals surface area (Å²) in [5.41, 5.74) is -1.07. The van der Waals surface area contributed by atoms with E-state index in [2.05, 4.69) is 5.32 Å². The molecule has 100 valence electrons. The maximum atomic E-state index is 11.5. The van der Waals surface area contributed by atoms with Gasteiger partial charge in [0.2, 0.25) is 0 Å². The number of carbonyl (C=O) groups excluding carboxylic acids is 1. The summed E-state index contributed by atoms with van der Waals surface area (Å²) < 4.78 is 10.1. The number of amides is 1. The van der Waals surface area contributed by atoms with Gasteiger partial charge >= 0.3 is 0 Å². The first-order valence-electron chi connectivity index (χ1n) is 5.69. The van der Waals surface area contributed by atoms with Crippen LogP contribution < -0.4 is 10.1 Å². The van der Waals surface area contributed by atoms with Crippen LogP contribution in [0.15, 0.2) is 30.3 Å². The van der Waals surface area contributed by atoms with Gasteiger partial charge in [0.25, 0.3) is 5.91 Å². The average molecular weight is 253 g/mol. The molecule has 0 aliphatic carbocycles. The van der Waals surface area contributed by atoms with Crippen molar-refractivity contribution in [2.24, 2.45) is 0 Å². The van der Waals surface area contributed by atoms with Gasteiger partial charge < -0.3 is 19.9 Å². The first kappa shape index (κ1) is 14.5. The number of benzene rings is 1. The van der Waals surface area contributed by atoms with Crippen LogP contribution in [0.5, 0.6) is 5.75 Å². The van der Waals surface area contributed by atoms with Crippen molar-refractivity contribution in [3.05, 3.63) is 30.3 Å². The highest BCUT2D eigenvalue weighted by molar-refractivity contribution is 5.77. The van der Waals surface area contributed by atoms with Crippen LogP contribution in [-0.2, 0) is 9.53 Å². The van der Waals surface area contributed by atoms with Gasteiger partial charge in [-0.25, -0.2) is 0 Å². The molecule has 1 aromatic carbocycles. The van der Waals surface area contributed by atoms with Crippen LogP contribution in [0, 0.1) is 0 Å². The molecule has 5 nitrogen and oxygen atoms in total. The molecule has 1 rings (SSSR count). The summed E-state index contributed by atoms with van der Waals surface area (Å²) in [7, 11) is 1.49. The highest BCUT2D eigenvalue weighted by Crippen LogP contribution is 2.07. The lowest BCUT2D eigenvalue weighted by Crippen LogP contribution is -2.45. The summed E-state index contributed by atoms with van der Waals surface area (Å²) in [5, 5.41) is 12.4. The zero-order chi connectivity index (χ0) is 13.4. The number of carbonyl (C=O) groups is 1. The van der Waals surface area contributed by atoms with Gasteiger partial charge in [0.05, 0.1) is 6.61 Å².